The summed E-state index contributed by atoms with van der Waals surface area (Å²) in [5, 5.41) is 0. The molecule has 25 heavy (non-hydrogen) atoms. The third kappa shape index (κ3) is 3.69. The van der Waals surface area contributed by atoms with Gasteiger partial charge in [0.15, 0.2) is 0 Å². The van der Waals surface area contributed by atoms with E-state index in [1.54, 1.807) is 30.3 Å². The molecule has 0 aliphatic heterocycles. The van der Waals surface area contributed by atoms with Gasteiger partial charge < -0.3 is 4.42 Å². The molecule has 3 aromatic rings. The van der Waals surface area contributed by atoms with Crippen molar-refractivity contribution in [2.45, 2.75) is 11.1 Å². The van der Waals surface area contributed by atoms with E-state index in [9.17, 15) is 21.6 Å². The second-order valence-electron chi connectivity index (χ2n) is 5.15. The first-order chi connectivity index (χ1) is 11.8. The van der Waals surface area contributed by atoms with Gasteiger partial charge >= 0.3 is 6.18 Å². The van der Waals surface area contributed by atoms with Gasteiger partial charge in [-0.05, 0) is 42.5 Å². The number of nitrogens with one attached hydrogen (secondary N) is 1. The van der Waals surface area contributed by atoms with Gasteiger partial charge in [0.1, 0.15) is 5.76 Å². The smallest absolute Gasteiger partial charge is 0.416 e. The van der Waals surface area contributed by atoms with E-state index in [1.165, 1.54) is 12.3 Å². The minimum atomic E-state index is -4.63. The summed E-state index contributed by atoms with van der Waals surface area (Å²) in [5.74, 6) is 0.433. The highest BCUT2D eigenvalue weighted by Crippen LogP contribution is 2.32. The number of hydrogen-bond acceptors (Lipinski definition) is 3. The average molecular weight is 367 g/mol. The fraction of sp³-hybridized carbons (Fsp3) is 0.0588. The molecule has 1 heterocycles. The first-order valence-corrected chi connectivity index (χ1v) is 8.59. The Morgan fingerprint density at radius 1 is 0.920 bits per heavy atom. The van der Waals surface area contributed by atoms with Crippen LogP contribution in [-0.4, -0.2) is 8.42 Å². The van der Waals surface area contributed by atoms with Crippen LogP contribution >= 0.6 is 0 Å². The van der Waals surface area contributed by atoms with Crippen LogP contribution in [0.3, 0.4) is 0 Å². The second kappa shape index (κ2) is 6.29. The van der Waals surface area contributed by atoms with Crippen LogP contribution in [0.25, 0.3) is 11.3 Å². The predicted molar refractivity (Wildman–Crippen MR) is 86.4 cm³/mol. The van der Waals surface area contributed by atoms with E-state index >= 15 is 0 Å². The van der Waals surface area contributed by atoms with Crippen LogP contribution in [-0.2, 0) is 16.2 Å². The van der Waals surface area contributed by atoms with Gasteiger partial charge in [-0.25, -0.2) is 8.42 Å². The highest BCUT2D eigenvalue weighted by molar-refractivity contribution is 7.92. The summed E-state index contributed by atoms with van der Waals surface area (Å²) >= 11 is 0. The number of rotatable bonds is 4. The van der Waals surface area contributed by atoms with Crippen molar-refractivity contribution in [2.24, 2.45) is 0 Å². The van der Waals surface area contributed by atoms with E-state index in [1.807, 2.05) is 0 Å². The molecule has 0 saturated heterocycles. The molecular weight excluding hydrogens is 355 g/mol. The topological polar surface area (TPSA) is 59.3 Å². The summed E-state index contributed by atoms with van der Waals surface area (Å²) in [4.78, 5) is -0.475. The number of para-hydroxylation sites is 1. The Kier molecular flexibility index (Phi) is 4.30. The van der Waals surface area contributed by atoms with E-state index in [0.717, 1.165) is 18.2 Å². The van der Waals surface area contributed by atoms with Crippen molar-refractivity contribution >= 4 is 15.7 Å². The number of hydrogen-bond donors (Lipinski definition) is 1. The summed E-state index contributed by atoms with van der Waals surface area (Å²) in [5.41, 5.74) is -0.354. The molecule has 8 heteroatoms. The summed E-state index contributed by atoms with van der Waals surface area (Å²) < 4.78 is 71.0. The van der Waals surface area contributed by atoms with Gasteiger partial charge in [-0.1, -0.05) is 18.2 Å². The predicted octanol–water partition coefficient (Wildman–Crippen LogP) is 4.77. The summed E-state index contributed by atoms with van der Waals surface area (Å²) in [6.07, 6.45) is -3.19. The van der Waals surface area contributed by atoms with E-state index < -0.39 is 26.7 Å². The van der Waals surface area contributed by atoms with Crippen LogP contribution in [0.5, 0.6) is 0 Å². The summed E-state index contributed by atoms with van der Waals surface area (Å²) in [6, 6.07) is 13.3. The van der Waals surface area contributed by atoms with Crippen LogP contribution in [0.15, 0.2) is 76.2 Å². The molecule has 0 aliphatic carbocycles. The summed E-state index contributed by atoms with van der Waals surface area (Å²) in [7, 11) is -4.20. The number of alkyl halides is 3. The maximum atomic E-state index is 12.8. The van der Waals surface area contributed by atoms with Crippen LogP contribution < -0.4 is 4.72 Å². The fourth-order valence-corrected chi connectivity index (χ4v) is 3.39. The lowest BCUT2D eigenvalue weighted by Crippen LogP contribution is -2.15. The highest BCUT2D eigenvalue weighted by atomic mass is 32.2. The van der Waals surface area contributed by atoms with E-state index in [2.05, 4.69) is 4.72 Å². The highest BCUT2D eigenvalue weighted by Gasteiger charge is 2.31. The quantitative estimate of drug-likeness (QED) is 0.723. The Morgan fingerprint density at radius 2 is 1.68 bits per heavy atom. The van der Waals surface area contributed by atoms with Crippen molar-refractivity contribution in [3.63, 3.8) is 0 Å². The van der Waals surface area contributed by atoms with E-state index in [-0.39, 0.29) is 5.69 Å². The second-order valence-corrected chi connectivity index (χ2v) is 6.84. The number of halogens is 3. The van der Waals surface area contributed by atoms with Gasteiger partial charge in [0.25, 0.3) is 10.0 Å². The summed E-state index contributed by atoms with van der Waals surface area (Å²) in [6.45, 7) is 0. The third-order valence-electron chi connectivity index (χ3n) is 3.43. The zero-order chi connectivity index (χ0) is 18.1. The zero-order valence-electron chi connectivity index (χ0n) is 12.6. The maximum absolute atomic E-state index is 12.8. The molecule has 0 bridgehead atoms. The first kappa shape index (κ1) is 17.1. The molecule has 3 rings (SSSR count). The monoisotopic (exact) mass is 367 g/mol. The molecular formula is C17H12F3NO3S. The molecule has 0 saturated carbocycles. The van der Waals surface area contributed by atoms with Crippen LogP contribution in [0, 0.1) is 0 Å². The molecule has 2 aromatic carbocycles. The Hall–Kier alpha value is -2.74. The molecule has 0 atom stereocenters. The van der Waals surface area contributed by atoms with Gasteiger partial charge in [-0.15, -0.1) is 0 Å². The molecule has 0 fully saturated rings. The standard InChI is InChI=1S/C17H12F3NO3S/c18-17(19,20)12-5-3-6-13(11-12)25(22,23)21-15-8-2-1-7-14(15)16-9-4-10-24-16/h1-11,21H. The maximum Gasteiger partial charge on any atom is 0.416 e. The Morgan fingerprint density at radius 3 is 2.36 bits per heavy atom. The SMILES string of the molecule is O=S(=O)(Nc1ccccc1-c1ccco1)c1cccc(C(F)(F)F)c1. The molecule has 130 valence electrons. The normalized spacial score (nSPS) is 12.1. The number of anilines is 1. The fourth-order valence-electron chi connectivity index (χ4n) is 2.26. The van der Waals surface area contributed by atoms with Gasteiger partial charge in [-0.3, -0.25) is 4.72 Å². The zero-order valence-corrected chi connectivity index (χ0v) is 13.4. The van der Waals surface area contributed by atoms with Crippen LogP contribution in [0.4, 0.5) is 18.9 Å². The lowest BCUT2D eigenvalue weighted by molar-refractivity contribution is -0.137. The van der Waals surface area contributed by atoms with Crippen molar-refractivity contribution in [1.29, 1.82) is 0 Å². The van der Waals surface area contributed by atoms with Gasteiger partial charge in [0.2, 0.25) is 0 Å². The lowest BCUT2D eigenvalue weighted by atomic mass is 10.1. The average Bonchev–Trinajstić information content (AvgIpc) is 3.09. The lowest BCUT2D eigenvalue weighted by Gasteiger charge is -2.13. The van der Waals surface area contributed by atoms with Crippen molar-refractivity contribution in [3.05, 3.63) is 72.5 Å². The Balaban J connectivity index is 1.99. The molecule has 0 amide bonds. The molecule has 0 unspecified atom stereocenters. The van der Waals surface area contributed by atoms with Crippen molar-refractivity contribution in [2.75, 3.05) is 4.72 Å². The molecule has 1 aromatic heterocycles. The number of sulfonamides is 1. The molecule has 0 aliphatic rings. The van der Waals surface area contributed by atoms with Crippen molar-refractivity contribution in [1.82, 2.24) is 0 Å². The first-order valence-electron chi connectivity index (χ1n) is 7.10. The van der Waals surface area contributed by atoms with Gasteiger partial charge in [-0.2, -0.15) is 13.2 Å². The minimum absolute atomic E-state index is 0.204. The van der Waals surface area contributed by atoms with Gasteiger partial charge in [0.05, 0.1) is 22.4 Å². The molecule has 1 N–H and O–H groups in total. The molecule has 0 spiro atoms. The molecule has 0 radical (unpaired) electrons. The number of furan rings is 1. The van der Waals surface area contributed by atoms with Crippen LogP contribution in [0.1, 0.15) is 5.56 Å². The number of benzene rings is 2. The van der Waals surface area contributed by atoms with E-state index in [4.69, 9.17) is 4.42 Å². The van der Waals surface area contributed by atoms with Crippen LogP contribution in [0.2, 0.25) is 0 Å². The molecule has 4 nitrogen and oxygen atoms in total. The largest absolute Gasteiger partial charge is 0.464 e. The van der Waals surface area contributed by atoms with E-state index in [0.29, 0.717) is 17.4 Å². The minimum Gasteiger partial charge on any atom is -0.464 e. The van der Waals surface area contributed by atoms with Crippen molar-refractivity contribution in [3.8, 4) is 11.3 Å². The Bertz CT molecular complexity index is 980. The van der Waals surface area contributed by atoms with Crippen molar-refractivity contribution < 1.29 is 26.0 Å². The van der Waals surface area contributed by atoms with Gasteiger partial charge in [0, 0.05) is 5.56 Å². The third-order valence-corrected chi connectivity index (χ3v) is 4.79. The Labute approximate surface area is 142 Å².